The molecule has 0 fully saturated rings. The lowest BCUT2D eigenvalue weighted by Crippen LogP contribution is -2.54. The second kappa shape index (κ2) is 13.2. The number of ether oxygens (including phenoxy) is 1. The van der Waals surface area contributed by atoms with Crippen molar-refractivity contribution in [1.29, 1.82) is 0 Å². The third kappa shape index (κ3) is 8.28. The molecule has 3 aromatic rings. The van der Waals surface area contributed by atoms with Crippen molar-refractivity contribution in [3.8, 4) is 5.75 Å². The van der Waals surface area contributed by atoms with Crippen molar-refractivity contribution in [3.63, 3.8) is 0 Å². The summed E-state index contributed by atoms with van der Waals surface area (Å²) < 4.78 is 46.6. The van der Waals surface area contributed by atoms with Gasteiger partial charge in [0.1, 0.15) is 24.2 Å². The van der Waals surface area contributed by atoms with Crippen LogP contribution in [0.3, 0.4) is 0 Å². The van der Waals surface area contributed by atoms with Crippen molar-refractivity contribution in [2.75, 3.05) is 24.2 Å². The third-order valence-electron chi connectivity index (χ3n) is 6.02. The first-order valence-corrected chi connectivity index (χ1v) is 14.3. The molecule has 0 aliphatic carbocycles. The van der Waals surface area contributed by atoms with Crippen molar-refractivity contribution in [1.82, 2.24) is 10.2 Å². The highest BCUT2D eigenvalue weighted by atomic mass is 32.2. The van der Waals surface area contributed by atoms with E-state index in [0.717, 1.165) is 16.1 Å². The Morgan fingerprint density at radius 2 is 1.64 bits per heavy atom. The molecule has 0 aromatic heterocycles. The standard InChI is InChI=1S/C29H34FN3O5S/c1-21(2)31-29(35)27(17-22-11-6-5-7-12-22)32(19-23-13-8-9-16-26(23)30)28(34)20-33(39(4,36)37)24-14-10-15-25(18-24)38-3/h5-16,18,21,27H,17,19-20H2,1-4H3,(H,31,35)/t27-/m0/s1. The van der Waals surface area contributed by atoms with Crippen LogP contribution in [0.15, 0.2) is 78.9 Å². The van der Waals surface area contributed by atoms with E-state index >= 15 is 0 Å². The fraction of sp³-hybridized carbons (Fsp3) is 0.310. The summed E-state index contributed by atoms with van der Waals surface area (Å²) in [6.45, 7) is 2.77. The zero-order chi connectivity index (χ0) is 28.6. The van der Waals surface area contributed by atoms with Crippen molar-refractivity contribution in [2.24, 2.45) is 0 Å². The Morgan fingerprint density at radius 1 is 0.974 bits per heavy atom. The first-order valence-electron chi connectivity index (χ1n) is 12.5. The van der Waals surface area contributed by atoms with Crippen LogP contribution in [0.4, 0.5) is 10.1 Å². The smallest absolute Gasteiger partial charge is 0.244 e. The molecule has 0 unspecified atom stereocenters. The van der Waals surface area contributed by atoms with E-state index in [4.69, 9.17) is 4.74 Å². The number of halogens is 1. The zero-order valence-electron chi connectivity index (χ0n) is 22.5. The summed E-state index contributed by atoms with van der Waals surface area (Å²) in [7, 11) is -2.47. The van der Waals surface area contributed by atoms with E-state index < -0.39 is 40.2 Å². The molecular formula is C29H34FN3O5S. The van der Waals surface area contributed by atoms with E-state index in [1.54, 1.807) is 38.1 Å². The van der Waals surface area contributed by atoms with Crippen LogP contribution in [-0.2, 0) is 32.6 Å². The molecule has 3 rings (SSSR count). The second-order valence-electron chi connectivity index (χ2n) is 9.45. The van der Waals surface area contributed by atoms with Crippen molar-refractivity contribution < 1.29 is 27.1 Å². The van der Waals surface area contributed by atoms with Gasteiger partial charge in [-0.05, 0) is 37.6 Å². The van der Waals surface area contributed by atoms with Gasteiger partial charge in [-0.2, -0.15) is 0 Å². The second-order valence-corrected chi connectivity index (χ2v) is 11.4. The van der Waals surface area contributed by atoms with Crippen LogP contribution in [-0.4, -0.2) is 57.1 Å². The van der Waals surface area contributed by atoms with Gasteiger partial charge in [0.15, 0.2) is 0 Å². The zero-order valence-corrected chi connectivity index (χ0v) is 23.3. The van der Waals surface area contributed by atoms with Crippen LogP contribution in [0.2, 0.25) is 0 Å². The summed E-state index contributed by atoms with van der Waals surface area (Å²) >= 11 is 0. The molecule has 0 aliphatic heterocycles. The summed E-state index contributed by atoms with van der Waals surface area (Å²) in [5.41, 5.74) is 1.22. The molecule has 8 nitrogen and oxygen atoms in total. The maximum absolute atomic E-state index is 14.8. The van der Waals surface area contributed by atoms with Crippen LogP contribution in [0.5, 0.6) is 5.75 Å². The highest BCUT2D eigenvalue weighted by Crippen LogP contribution is 2.24. The van der Waals surface area contributed by atoms with Crippen LogP contribution >= 0.6 is 0 Å². The molecule has 2 amide bonds. The number of sulfonamides is 1. The topological polar surface area (TPSA) is 96.0 Å². The number of nitrogens with one attached hydrogen (secondary N) is 1. The Morgan fingerprint density at radius 3 is 2.26 bits per heavy atom. The number of rotatable bonds is 12. The van der Waals surface area contributed by atoms with Crippen LogP contribution in [0.25, 0.3) is 0 Å². The number of hydrogen-bond acceptors (Lipinski definition) is 5. The average molecular weight is 556 g/mol. The molecule has 0 spiro atoms. The maximum atomic E-state index is 14.8. The van der Waals surface area contributed by atoms with Crippen molar-refractivity contribution >= 4 is 27.5 Å². The van der Waals surface area contributed by atoms with E-state index in [0.29, 0.717) is 5.75 Å². The number of nitrogens with zero attached hydrogens (tertiary/aromatic N) is 2. The minimum absolute atomic E-state index is 0.150. The van der Waals surface area contributed by atoms with Gasteiger partial charge in [-0.1, -0.05) is 54.6 Å². The molecule has 208 valence electrons. The van der Waals surface area contributed by atoms with Gasteiger partial charge in [0, 0.05) is 30.6 Å². The number of carbonyl (C=O) groups is 2. The molecule has 0 heterocycles. The molecular weight excluding hydrogens is 521 g/mol. The molecule has 39 heavy (non-hydrogen) atoms. The Hall–Kier alpha value is -3.92. The van der Waals surface area contributed by atoms with Crippen LogP contribution < -0.4 is 14.4 Å². The van der Waals surface area contributed by atoms with Gasteiger partial charge in [0.05, 0.1) is 19.1 Å². The predicted molar refractivity (Wildman–Crippen MR) is 149 cm³/mol. The lowest BCUT2D eigenvalue weighted by molar-refractivity contribution is -0.140. The summed E-state index contributed by atoms with van der Waals surface area (Å²) in [5.74, 6) is -1.21. The lowest BCUT2D eigenvalue weighted by Gasteiger charge is -2.34. The maximum Gasteiger partial charge on any atom is 0.244 e. The largest absolute Gasteiger partial charge is 0.497 e. The first kappa shape index (κ1) is 29.6. The highest BCUT2D eigenvalue weighted by Gasteiger charge is 2.33. The Bertz CT molecular complexity index is 1380. The summed E-state index contributed by atoms with van der Waals surface area (Å²) in [6.07, 6.45) is 1.14. The minimum atomic E-state index is -3.92. The molecule has 0 saturated heterocycles. The minimum Gasteiger partial charge on any atom is -0.497 e. The van der Waals surface area contributed by atoms with E-state index in [9.17, 15) is 22.4 Å². The molecule has 10 heteroatoms. The van der Waals surface area contributed by atoms with Gasteiger partial charge in [-0.15, -0.1) is 0 Å². The fourth-order valence-corrected chi connectivity index (χ4v) is 4.97. The first-order chi connectivity index (χ1) is 18.5. The predicted octanol–water partition coefficient (Wildman–Crippen LogP) is 3.77. The van der Waals surface area contributed by atoms with Crippen molar-refractivity contribution in [2.45, 2.75) is 38.9 Å². The number of methoxy groups -OCH3 is 1. The van der Waals surface area contributed by atoms with Gasteiger partial charge < -0.3 is 15.0 Å². The normalized spacial score (nSPS) is 12.1. The van der Waals surface area contributed by atoms with E-state index in [-0.39, 0.29) is 30.3 Å². The Labute approximate surface area is 229 Å². The summed E-state index contributed by atoms with van der Waals surface area (Å²) in [4.78, 5) is 28.7. The quantitative estimate of drug-likeness (QED) is 0.367. The van der Waals surface area contributed by atoms with Gasteiger partial charge in [-0.3, -0.25) is 13.9 Å². The van der Waals surface area contributed by atoms with Crippen LogP contribution in [0.1, 0.15) is 25.0 Å². The Kier molecular flexibility index (Phi) is 10.1. The summed E-state index contributed by atoms with van der Waals surface area (Å²) in [5, 5.41) is 2.85. The molecule has 0 radical (unpaired) electrons. The fourth-order valence-electron chi connectivity index (χ4n) is 4.12. The SMILES string of the molecule is COc1cccc(N(CC(=O)N(Cc2ccccc2F)[C@@H](Cc2ccccc2)C(=O)NC(C)C)S(C)(=O)=O)c1. The molecule has 0 saturated carbocycles. The summed E-state index contributed by atoms with van der Waals surface area (Å²) in [6, 6.07) is 20.2. The van der Waals surface area contributed by atoms with E-state index in [1.165, 1.54) is 36.3 Å². The van der Waals surface area contributed by atoms with E-state index in [1.807, 2.05) is 30.3 Å². The van der Waals surface area contributed by atoms with Gasteiger partial charge >= 0.3 is 0 Å². The number of amides is 2. The van der Waals surface area contributed by atoms with Crippen LogP contribution in [0, 0.1) is 5.82 Å². The van der Waals surface area contributed by atoms with E-state index in [2.05, 4.69) is 5.32 Å². The number of carbonyl (C=O) groups excluding carboxylic acids is 2. The molecule has 0 bridgehead atoms. The third-order valence-corrected chi connectivity index (χ3v) is 7.16. The number of benzene rings is 3. The van der Waals surface area contributed by atoms with Gasteiger partial charge in [0.2, 0.25) is 21.8 Å². The van der Waals surface area contributed by atoms with Crippen molar-refractivity contribution in [3.05, 3.63) is 95.8 Å². The lowest BCUT2D eigenvalue weighted by atomic mass is 10.0. The average Bonchev–Trinajstić information content (AvgIpc) is 2.89. The molecule has 1 N–H and O–H groups in total. The number of anilines is 1. The molecule has 3 aromatic carbocycles. The highest BCUT2D eigenvalue weighted by molar-refractivity contribution is 7.92. The Balaban J connectivity index is 2.07. The molecule has 0 aliphatic rings. The molecule has 1 atom stereocenters. The monoisotopic (exact) mass is 555 g/mol. The number of hydrogen-bond donors (Lipinski definition) is 1. The van der Waals surface area contributed by atoms with Gasteiger partial charge in [-0.25, -0.2) is 12.8 Å². The van der Waals surface area contributed by atoms with Gasteiger partial charge in [0.25, 0.3) is 0 Å².